The number of hydrogen-bond acceptors (Lipinski definition) is 1. The smallest absolute Gasteiger partial charge is 0.0546 e. The molecule has 13 rings (SSSR count). The van der Waals surface area contributed by atoms with Crippen LogP contribution in [0.2, 0.25) is 0 Å². The highest BCUT2D eigenvalue weighted by molar-refractivity contribution is 6.25. The second-order valence-electron chi connectivity index (χ2n) is 16.8. The summed E-state index contributed by atoms with van der Waals surface area (Å²) in [4.78, 5) is 2.56. The lowest BCUT2D eigenvalue weighted by atomic mass is 9.72. The SMILES string of the molecule is CC1(C)c2ccccc2N(c2cc3ccc4ccccc4c3c3ccccc23)c2ccc3c(c21)c1ccccc1n3-c1cc2ccc3ccccc3c2c2ccccc12. The quantitative estimate of drug-likeness (QED) is 0.160. The molecule has 0 saturated carbocycles. The number of rotatable bonds is 2. The van der Waals surface area contributed by atoms with Crippen molar-refractivity contribution in [2.24, 2.45) is 0 Å². The van der Waals surface area contributed by atoms with Crippen molar-refractivity contribution in [1.82, 2.24) is 4.57 Å². The maximum absolute atomic E-state index is 2.56. The van der Waals surface area contributed by atoms with Crippen molar-refractivity contribution in [2.75, 3.05) is 4.90 Å². The maximum Gasteiger partial charge on any atom is 0.0546 e. The summed E-state index contributed by atoms with van der Waals surface area (Å²) >= 11 is 0. The van der Waals surface area contributed by atoms with Crippen LogP contribution >= 0.6 is 0 Å². The molecule has 1 aliphatic rings. The summed E-state index contributed by atoms with van der Waals surface area (Å²) in [7, 11) is 0. The highest BCUT2D eigenvalue weighted by atomic mass is 15.2. The molecule has 276 valence electrons. The molecule has 0 aliphatic carbocycles. The van der Waals surface area contributed by atoms with Crippen LogP contribution in [0.15, 0.2) is 194 Å². The van der Waals surface area contributed by atoms with E-state index in [1.165, 1.54) is 120 Å². The van der Waals surface area contributed by atoms with Crippen LogP contribution in [0.25, 0.3) is 92.1 Å². The zero-order valence-corrected chi connectivity index (χ0v) is 32.9. The molecule has 0 fully saturated rings. The summed E-state index contributed by atoms with van der Waals surface area (Å²) in [6.07, 6.45) is 0. The molecule has 0 radical (unpaired) electrons. The van der Waals surface area contributed by atoms with Crippen molar-refractivity contribution in [1.29, 1.82) is 0 Å². The first-order chi connectivity index (χ1) is 29.1. The minimum Gasteiger partial charge on any atom is -0.309 e. The average molecular weight is 751 g/mol. The van der Waals surface area contributed by atoms with Crippen LogP contribution in [0.5, 0.6) is 0 Å². The zero-order valence-electron chi connectivity index (χ0n) is 32.9. The summed E-state index contributed by atoms with van der Waals surface area (Å²) in [6, 6.07) is 72.5. The van der Waals surface area contributed by atoms with Crippen molar-refractivity contribution in [2.45, 2.75) is 19.3 Å². The van der Waals surface area contributed by atoms with E-state index >= 15 is 0 Å². The summed E-state index contributed by atoms with van der Waals surface area (Å²) in [5.74, 6) is 0. The second-order valence-corrected chi connectivity index (χ2v) is 16.8. The molecule has 12 aromatic rings. The molecule has 59 heavy (non-hydrogen) atoms. The van der Waals surface area contributed by atoms with Gasteiger partial charge in [0.15, 0.2) is 0 Å². The molecule has 0 amide bonds. The van der Waals surface area contributed by atoms with Crippen LogP contribution in [0.3, 0.4) is 0 Å². The van der Waals surface area contributed by atoms with Crippen LogP contribution in [-0.2, 0) is 5.41 Å². The van der Waals surface area contributed by atoms with Crippen molar-refractivity contribution < 1.29 is 0 Å². The highest BCUT2D eigenvalue weighted by Gasteiger charge is 2.40. The lowest BCUT2D eigenvalue weighted by Gasteiger charge is -2.43. The van der Waals surface area contributed by atoms with Gasteiger partial charge in [-0.2, -0.15) is 0 Å². The van der Waals surface area contributed by atoms with E-state index in [-0.39, 0.29) is 5.41 Å². The molecule has 2 nitrogen and oxygen atoms in total. The first-order valence-electron chi connectivity index (χ1n) is 20.7. The minimum absolute atomic E-state index is 0.301. The molecular weight excluding hydrogens is 713 g/mol. The fourth-order valence-electron chi connectivity index (χ4n) is 10.9. The fourth-order valence-corrected chi connectivity index (χ4v) is 10.9. The van der Waals surface area contributed by atoms with Gasteiger partial charge in [-0.1, -0.05) is 172 Å². The van der Waals surface area contributed by atoms with Crippen LogP contribution in [0.1, 0.15) is 25.0 Å². The van der Waals surface area contributed by atoms with Crippen LogP contribution < -0.4 is 4.90 Å². The van der Waals surface area contributed by atoms with Crippen LogP contribution in [0, 0.1) is 0 Å². The van der Waals surface area contributed by atoms with Gasteiger partial charge in [0.25, 0.3) is 0 Å². The molecule has 1 aliphatic heterocycles. The fraction of sp³-hybridized carbons (Fsp3) is 0.0526. The van der Waals surface area contributed by atoms with E-state index in [9.17, 15) is 0 Å². The van der Waals surface area contributed by atoms with Crippen molar-refractivity contribution in [3.05, 3.63) is 205 Å². The monoisotopic (exact) mass is 750 g/mol. The Hall–Kier alpha value is -7.42. The van der Waals surface area contributed by atoms with Gasteiger partial charge in [0.1, 0.15) is 0 Å². The lowest BCUT2D eigenvalue weighted by molar-refractivity contribution is 0.638. The molecule has 0 unspecified atom stereocenters. The molecule has 2 heteroatoms. The van der Waals surface area contributed by atoms with Gasteiger partial charge in [0.2, 0.25) is 0 Å². The Bertz CT molecular complexity index is 3770. The predicted octanol–water partition coefficient (Wildman–Crippen LogP) is 15.8. The Balaban J connectivity index is 1.15. The molecule has 1 aromatic heterocycles. The maximum atomic E-state index is 2.56. The molecule has 2 heterocycles. The number of nitrogens with zero attached hydrogens (tertiary/aromatic N) is 2. The molecule has 0 bridgehead atoms. The predicted molar refractivity (Wildman–Crippen MR) is 253 cm³/mol. The number of aromatic nitrogens is 1. The van der Waals surface area contributed by atoms with E-state index in [0.717, 1.165) is 0 Å². The minimum atomic E-state index is -0.301. The number of benzene rings is 11. The first-order valence-corrected chi connectivity index (χ1v) is 20.7. The largest absolute Gasteiger partial charge is 0.309 e. The van der Waals surface area contributed by atoms with Crippen molar-refractivity contribution >= 4 is 104 Å². The van der Waals surface area contributed by atoms with Crippen LogP contribution in [0.4, 0.5) is 17.1 Å². The van der Waals surface area contributed by atoms with E-state index in [1.807, 2.05) is 0 Å². The van der Waals surface area contributed by atoms with Gasteiger partial charge in [-0.3, -0.25) is 0 Å². The summed E-state index contributed by atoms with van der Waals surface area (Å²) in [5.41, 5.74) is 9.66. The first kappa shape index (κ1) is 32.6. The van der Waals surface area contributed by atoms with Gasteiger partial charge in [0.05, 0.1) is 33.8 Å². The molecule has 11 aromatic carbocycles. The Morgan fingerprint density at radius 2 is 0.814 bits per heavy atom. The second kappa shape index (κ2) is 11.8. The Kier molecular flexibility index (Phi) is 6.54. The van der Waals surface area contributed by atoms with Gasteiger partial charge in [-0.05, 0) is 101 Å². The Morgan fingerprint density at radius 3 is 1.47 bits per heavy atom. The average Bonchev–Trinajstić information content (AvgIpc) is 3.62. The molecular formula is C57H38N2. The van der Waals surface area contributed by atoms with E-state index in [4.69, 9.17) is 0 Å². The standard InChI is InChI=1S/C57H38N2/c1-57(2)46-24-12-14-26-48(46)59(52-34-38-30-28-36-16-4-6-18-40(36)54(38)44-22-10-8-20-42(44)52)50-32-31-49-55(56(50)57)45-23-11-13-25-47(45)58(49)51-33-37-29-27-35-15-3-5-17-39(35)53(37)43-21-9-7-19-41(43)51/h3-34H,1-2H3. The Morgan fingerprint density at radius 1 is 0.322 bits per heavy atom. The van der Waals surface area contributed by atoms with Gasteiger partial charge < -0.3 is 9.47 Å². The number of anilines is 3. The number of hydrogen-bond donors (Lipinski definition) is 0. The van der Waals surface area contributed by atoms with E-state index in [1.54, 1.807) is 0 Å². The van der Waals surface area contributed by atoms with Gasteiger partial charge in [-0.25, -0.2) is 0 Å². The normalized spacial score (nSPS) is 13.7. The third kappa shape index (κ3) is 4.35. The molecule has 0 spiro atoms. The zero-order chi connectivity index (χ0) is 39.0. The number of para-hydroxylation sites is 2. The highest BCUT2D eigenvalue weighted by Crippen LogP contribution is 2.57. The molecule has 0 saturated heterocycles. The third-order valence-corrected chi connectivity index (χ3v) is 13.4. The Labute approximate surface area is 341 Å². The van der Waals surface area contributed by atoms with E-state index in [2.05, 4.69) is 217 Å². The number of fused-ring (bicyclic) bond motifs is 16. The molecule has 0 atom stereocenters. The summed E-state index contributed by atoms with van der Waals surface area (Å²) in [5, 5.41) is 17.8. The van der Waals surface area contributed by atoms with E-state index in [0.29, 0.717) is 0 Å². The molecule has 0 N–H and O–H groups in total. The van der Waals surface area contributed by atoms with Crippen molar-refractivity contribution in [3.63, 3.8) is 0 Å². The van der Waals surface area contributed by atoms with E-state index < -0.39 is 0 Å². The third-order valence-electron chi connectivity index (χ3n) is 13.4. The van der Waals surface area contributed by atoms with Crippen molar-refractivity contribution in [3.8, 4) is 5.69 Å². The van der Waals surface area contributed by atoms with Gasteiger partial charge >= 0.3 is 0 Å². The summed E-state index contributed by atoms with van der Waals surface area (Å²) in [6.45, 7) is 4.85. The summed E-state index contributed by atoms with van der Waals surface area (Å²) < 4.78 is 2.54. The van der Waals surface area contributed by atoms with Gasteiger partial charge in [0, 0.05) is 27.0 Å². The topological polar surface area (TPSA) is 8.17 Å². The van der Waals surface area contributed by atoms with Gasteiger partial charge in [-0.15, -0.1) is 0 Å². The van der Waals surface area contributed by atoms with Crippen LogP contribution in [-0.4, -0.2) is 4.57 Å². The lowest BCUT2D eigenvalue weighted by Crippen LogP contribution is -2.31.